The summed E-state index contributed by atoms with van der Waals surface area (Å²) in [5, 5.41) is 6.39. The second-order valence-electron chi connectivity index (χ2n) is 6.56. The minimum Gasteiger partial charge on any atom is -0.333 e. The standard InChI is InChI=1S/C20H12F2N4O2S2/c1-10-15-19(30-16(10)18-24-17(25-28-18)14-3-2-6-29-14)23-9-26(20(15)27)8-11-4-5-12(21)13(22)7-11/h2-7,9H,8H2,1H3. The number of nitrogens with zero attached hydrogens (tertiary/aromatic N) is 4. The molecule has 0 radical (unpaired) electrons. The van der Waals surface area contributed by atoms with Gasteiger partial charge in [0.25, 0.3) is 11.4 Å². The summed E-state index contributed by atoms with van der Waals surface area (Å²) in [6, 6.07) is 7.35. The van der Waals surface area contributed by atoms with Crippen LogP contribution in [0.1, 0.15) is 11.1 Å². The molecule has 5 aromatic rings. The van der Waals surface area contributed by atoms with Crippen molar-refractivity contribution in [1.82, 2.24) is 19.7 Å². The minimum absolute atomic E-state index is 0.0761. The van der Waals surface area contributed by atoms with Crippen LogP contribution in [0.3, 0.4) is 0 Å². The molecule has 150 valence electrons. The van der Waals surface area contributed by atoms with Gasteiger partial charge >= 0.3 is 0 Å². The molecule has 0 amide bonds. The third-order valence-electron chi connectivity index (χ3n) is 4.62. The number of thiophene rings is 2. The van der Waals surface area contributed by atoms with Crippen molar-refractivity contribution < 1.29 is 13.3 Å². The van der Waals surface area contributed by atoms with Crippen LogP contribution in [0.15, 0.2) is 51.4 Å². The van der Waals surface area contributed by atoms with Gasteiger partial charge in [-0.3, -0.25) is 9.36 Å². The quantitative estimate of drug-likeness (QED) is 0.397. The Labute approximate surface area is 176 Å². The lowest BCUT2D eigenvalue weighted by molar-refractivity contribution is 0.433. The highest BCUT2D eigenvalue weighted by atomic mass is 32.1. The van der Waals surface area contributed by atoms with Gasteiger partial charge in [-0.05, 0) is 41.6 Å². The first-order valence-electron chi connectivity index (χ1n) is 8.81. The maximum Gasteiger partial charge on any atom is 0.268 e. The molecular formula is C20H12F2N4O2S2. The molecular weight excluding hydrogens is 430 g/mol. The Morgan fingerprint density at radius 1 is 1.20 bits per heavy atom. The number of benzene rings is 1. The van der Waals surface area contributed by atoms with Crippen molar-refractivity contribution in [1.29, 1.82) is 0 Å². The molecule has 30 heavy (non-hydrogen) atoms. The molecule has 0 atom stereocenters. The Morgan fingerprint density at radius 2 is 2.07 bits per heavy atom. The monoisotopic (exact) mass is 442 g/mol. The molecule has 0 aliphatic rings. The number of fused-ring (bicyclic) bond motifs is 1. The average molecular weight is 442 g/mol. The summed E-state index contributed by atoms with van der Waals surface area (Å²) >= 11 is 2.80. The second kappa shape index (κ2) is 7.22. The molecule has 0 N–H and O–H groups in total. The van der Waals surface area contributed by atoms with Crippen LogP contribution in [0.5, 0.6) is 0 Å². The Morgan fingerprint density at radius 3 is 2.83 bits per heavy atom. The Hall–Kier alpha value is -3.24. The van der Waals surface area contributed by atoms with Gasteiger partial charge in [-0.25, -0.2) is 13.8 Å². The van der Waals surface area contributed by atoms with E-state index < -0.39 is 11.6 Å². The largest absolute Gasteiger partial charge is 0.333 e. The smallest absolute Gasteiger partial charge is 0.268 e. The number of aromatic nitrogens is 4. The fourth-order valence-corrected chi connectivity index (χ4v) is 4.84. The van der Waals surface area contributed by atoms with Crippen LogP contribution in [0.2, 0.25) is 0 Å². The van der Waals surface area contributed by atoms with E-state index in [2.05, 4.69) is 15.1 Å². The normalized spacial score (nSPS) is 11.4. The Balaban J connectivity index is 1.55. The second-order valence-corrected chi connectivity index (χ2v) is 8.51. The topological polar surface area (TPSA) is 73.8 Å². The van der Waals surface area contributed by atoms with Crippen LogP contribution in [-0.4, -0.2) is 19.7 Å². The van der Waals surface area contributed by atoms with Gasteiger partial charge < -0.3 is 4.52 Å². The van der Waals surface area contributed by atoms with E-state index in [9.17, 15) is 13.6 Å². The van der Waals surface area contributed by atoms with Gasteiger partial charge in [0.05, 0.1) is 28.0 Å². The van der Waals surface area contributed by atoms with Crippen LogP contribution in [-0.2, 0) is 6.54 Å². The molecule has 1 aromatic carbocycles. The highest BCUT2D eigenvalue weighted by molar-refractivity contribution is 7.22. The first-order valence-corrected chi connectivity index (χ1v) is 10.5. The molecule has 10 heteroatoms. The van der Waals surface area contributed by atoms with E-state index in [-0.39, 0.29) is 12.1 Å². The molecule has 0 bridgehead atoms. The van der Waals surface area contributed by atoms with Crippen molar-refractivity contribution in [3.63, 3.8) is 0 Å². The van der Waals surface area contributed by atoms with Crippen molar-refractivity contribution >= 4 is 32.9 Å². The Kier molecular flexibility index (Phi) is 4.52. The lowest BCUT2D eigenvalue weighted by Gasteiger charge is -2.06. The number of hydrogen-bond donors (Lipinski definition) is 0. The summed E-state index contributed by atoms with van der Waals surface area (Å²) in [6.45, 7) is 1.88. The molecule has 4 heterocycles. The lowest BCUT2D eigenvalue weighted by Crippen LogP contribution is -2.21. The summed E-state index contributed by atoms with van der Waals surface area (Å²) < 4.78 is 33.4. The highest BCUT2D eigenvalue weighted by Crippen LogP contribution is 2.36. The third-order valence-corrected chi connectivity index (χ3v) is 6.67. The summed E-state index contributed by atoms with van der Waals surface area (Å²) in [5.74, 6) is -1.08. The number of hydrogen-bond acceptors (Lipinski definition) is 7. The average Bonchev–Trinajstić information content (AvgIpc) is 3.46. The van der Waals surface area contributed by atoms with Gasteiger partial charge in [0, 0.05) is 0 Å². The van der Waals surface area contributed by atoms with E-state index in [1.807, 2.05) is 17.5 Å². The van der Waals surface area contributed by atoms with E-state index in [1.165, 1.54) is 39.6 Å². The fourth-order valence-electron chi connectivity index (χ4n) is 3.13. The molecule has 4 aromatic heterocycles. The van der Waals surface area contributed by atoms with Gasteiger partial charge in [-0.2, -0.15) is 4.98 Å². The number of aryl methyl sites for hydroxylation is 1. The molecule has 0 saturated heterocycles. The summed E-state index contributed by atoms with van der Waals surface area (Å²) in [5.41, 5.74) is 0.874. The molecule has 0 unspecified atom stereocenters. The van der Waals surface area contributed by atoms with E-state index in [4.69, 9.17) is 4.52 Å². The zero-order valence-electron chi connectivity index (χ0n) is 15.4. The lowest BCUT2D eigenvalue weighted by atomic mass is 10.2. The van der Waals surface area contributed by atoms with Crippen LogP contribution < -0.4 is 5.56 Å². The van der Waals surface area contributed by atoms with Crippen LogP contribution in [0.4, 0.5) is 8.78 Å². The van der Waals surface area contributed by atoms with E-state index >= 15 is 0 Å². The van der Waals surface area contributed by atoms with Gasteiger partial charge in [-0.15, -0.1) is 22.7 Å². The first-order chi connectivity index (χ1) is 14.5. The van der Waals surface area contributed by atoms with Crippen molar-refractivity contribution in [2.45, 2.75) is 13.5 Å². The van der Waals surface area contributed by atoms with Gasteiger partial charge in [-0.1, -0.05) is 17.3 Å². The van der Waals surface area contributed by atoms with Gasteiger partial charge in [0.15, 0.2) is 11.6 Å². The van der Waals surface area contributed by atoms with E-state index in [1.54, 1.807) is 6.92 Å². The molecule has 0 aliphatic heterocycles. The van der Waals surface area contributed by atoms with Crippen LogP contribution in [0.25, 0.3) is 31.7 Å². The predicted octanol–water partition coefficient (Wildman–Crippen LogP) is 4.87. The van der Waals surface area contributed by atoms with Crippen LogP contribution in [0, 0.1) is 18.6 Å². The van der Waals surface area contributed by atoms with Crippen molar-refractivity contribution in [2.75, 3.05) is 0 Å². The first kappa shape index (κ1) is 18.8. The molecule has 6 nitrogen and oxygen atoms in total. The minimum atomic E-state index is -0.957. The third kappa shape index (κ3) is 3.14. The van der Waals surface area contributed by atoms with Gasteiger partial charge in [0.1, 0.15) is 4.83 Å². The SMILES string of the molecule is Cc1c(-c2nc(-c3cccs3)no2)sc2ncn(Cc3ccc(F)c(F)c3)c(=O)c12. The van der Waals surface area contributed by atoms with Crippen molar-refractivity contribution in [2.24, 2.45) is 0 Å². The summed E-state index contributed by atoms with van der Waals surface area (Å²) in [4.78, 5) is 24.0. The Bertz CT molecular complexity index is 1440. The van der Waals surface area contributed by atoms with E-state index in [0.717, 1.165) is 17.0 Å². The number of rotatable bonds is 4. The van der Waals surface area contributed by atoms with Crippen molar-refractivity contribution in [3.05, 3.63) is 75.2 Å². The summed E-state index contributed by atoms with van der Waals surface area (Å²) in [6.07, 6.45) is 1.40. The molecule has 0 spiro atoms. The maximum atomic E-state index is 13.5. The zero-order valence-corrected chi connectivity index (χ0v) is 17.1. The zero-order chi connectivity index (χ0) is 20.8. The van der Waals surface area contributed by atoms with Gasteiger partial charge in [0.2, 0.25) is 5.82 Å². The number of halogens is 2. The molecule has 0 saturated carbocycles. The highest BCUT2D eigenvalue weighted by Gasteiger charge is 2.21. The molecule has 0 aliphatic carbocycles. The van der Waals surface area contributed by atoms with Crippen molar-refractivity contribution in [3.8, 4) is 21.5 Å². The predicted molar refractivity (Wildman–Crippen MR) is 111 cm³/mol. The molecule has 0 fully saturated rings. The molecule has 5 rings (SSSR count). The van der Waals surface area contributed by atoms with Crippen LogP contribution >= 0.6 is 22.7 Å². The van der Waals surface area contributed by atoms with E-state index in [0.29, 0.717) is 37.9 Å². The maximum absolute atomic E-state index is 13.5. The summed E-state index contributed by atoms with van der Waals surface area (Å²) in [7, 11) is 0. The fraction of sp³-hybridized carbons (Fsp3) is 0.100.